The third-order valence-electron chi connectivity index (χ3n) is 3.60. The van der Waals surface area contributed by atoms with Gasteiger partial charge in [0.05, 0.1) is 21.0 Å². The number of carbonyl (C=O) groups excluding carboxylic acids is 1. The number of nitrogens with one attached hydrogen (secondary N) is 1. The van der Waals surface area contributed by atoms with E-state index in [0.29, 0.717) is 0 Å². The molecule has 0 unspecified atom stereocenters. The fourth-order valence-electron chi connectivity index (χ4n) is 2.20. The number of rotatable bonds is 3. The molecule has 1 aromatic carbocycles. The smallest absolute Gasteiger partial charge is 0.394 e. The zero-order valence-corrected chi connectivity index (χ0v) is 15.2. The molecule has 0 bridgehead atoms. The summed E-state index contributed by atoms with van der Waals surface area (Å²) in [7, 11) is 0. The Balaban J connectivity index is 1.93. The number of fused-ring (bicyclic) bond motifs is 1. The predicted molar refractivity (Wildman–Crippen MR) is 90.3 cm³/mol. The second-order valence-electron chi connectivity index (χ2n) is 5.71. The van der Waals surface area contributed by atoms with Crippen molar-refractivity contribution in [3.63, 3.8) is 0 Å². The summed E-state index contributed by atoms with van der Waals surface area (Å²) < 4.78 is 37.9. The molecule has 25 heavy (non-hydrogen) atoms. The van der Waals surface area contributed by atoms with E-state index in [9.17, 15) is 13.6 Å². The van der Waals surface area contributed by atoms with Gasteiger partial charge in [-0.05, 0) is 48.6 Å². The Morgan fingerprint density at radius 2 is 2.08 bits per heavy atom. The molecular weight excluding hydrogens is 449 g/mol. The molecule has 2 aromatic rings. The van der Waals surface area contributed by atoms with Crippen molar-refractivity contribution in [3.8, 4) is 17.6 Å². The monoisotopic (exact) mass is 460 g/mol. The first kappa shape index (κ1) is 17.4. The van der Waals surface area contributed by atoms with E-state index in [1.807, 2.05) is 0 Å². The highest BCUT2D eigenvalue weighted by molar-refractivity contribution is 14.1. The zero-order valence-electron chi connectivity index (χ0n) is 13.0. The number of halogens is 3. The van der Waals surface area contributed by atoms with Gasteiger partial charge in [-0.25, -0.2) is 0 Å². The average Bonchev–Trinajstić information content (AvgIpc) is 3.10. The first-order chi connectivity index (χ1) is 11.6. The first-order valence-electron chi connectivity index (χ1n) is 6.99. The van der Waals surface area contributed by atoms with Gasteiger partial charge in [0.1, 0.15) is 11.6 Å². The molecule has 130 valence electrons. The fourth-order valence-corrected chi connectivity index (χ4v) is 2.58. The normalized spacial score (nSPS) is 14.9. The maximum absolute atomic E-state index is 13.4. The molecule has 0 saturated heterocycles. The van der Waals surface area contributed by atoms with Crippen LogP contribution in [0, 0.1) is 14.9 Å². The highest BCUT2D eigenvalue weighted by Gasteiger charge is 2.46. The lowest BCUT2D eigenvalue weighted by atomic mass is 10.0. The number of amides is 1. The molecule has 7 nitrogen and oxygen atoms in total. The summed E-state index contributed by atoms with van der Waals surface area (Å²) in [5, 5.41) is 15.6. The molecule has 2 heterocycles. The summed E-state index contributed by atoms with van der Waals surface area (Å²) in [6.07, 6.45) is -0.633. The average molecular weight is 460 g/mol. The van der Waals surface area contributed by atoms with E-state index in [1.165, 1.54) is 16.8 Å². The number of anilines is 1. The van der Waals surface area contributed by atoms with Crippen molar-refractivity contribution >= 4 is 34.2 Å². The number of carbonyl (C=O) groups is 1. The first-order valence-corrected chi connectivity index (χ1v) is 8.07. The molecule has 1 amide bonds. The van der Waals surface area contributed by atoms with Crippen LogP contribution < -0.4 is 14.8 Å². The minimum absolute atomic E-state index is 0.0221. The maximum atomic E-state index is 13.4. The largest absolute Gasteiger partial charge is 0.586 e. The summed E-state index contributed by atoms with van der Waals surface area (Å²) in [6, 6.07) is 4.31. The summed E-state index contributed by atoms with van der Waals surface area (Å²) in [6.45, 7) is 3.25. The second-order valence-corrected chi connectivity index (χ2v) is 6.96. The van der Waals surface area contributed by atoms with Crippen LogP contribution in [0.25, 0.3) is 0 Å². The van der Waals surface area contributed by atoms with Crippen LogP contribution in [0.15, 0.2) is 24.5 Å². The maximum Gasteiger partial charge on any atom is 0.586 e. The van der Waals surface area contributed by atoms with E-state index in [4.69, 9.17) is 5.26 Å². The molecule has 3 rings (SSSR count). The molecule has 0 saturated carbocycles. The van der Waals surface area contributed by atoms with E-state index < -0.39 is 23.5 Å². The van der Waals surface area contributed by atoms with Crippen LogP contribution in [0.4, 0.5) is 14.5 Å². The van der Waals surface area contributed by atoms with Crippen LogP contribution in [0.3, 0.4) is 0 Å². The number of hydrogen-bond acceptors (Lipinski definition) is 5. The molecule has 1 aliphatic rings. The predicted octanol–water partition coefficient (Wildman–Crippen LogP) is 3.05. The number of alkyl halides is 2. The minimum Gasteiger partial charge on any atom is -0.394 e. The standard InChI is InChI=1S/C15H11F2IN4O3/c1-14(2,22-7-9(18)6-20-22)13(23)21-10-4-3-8(5-19)11-12(10)25-15(16,17)24-11/h3-4,6-7H,1-2H3,(H,21,23). The van der Waals surface area contributed by atoms with E-state index in [0.717, 1.165) is 3.57 Å². The number of aromatic nitrogens is 2. The van der Waals surface area contributed by atoms with Crippen molar-refractivity contribution in [2.24, 2.45) is 0 Å². The minimum atomic E-state index is -3.90. The quantitative estimate of drug-likeness (QED) is 0.712. The number of benzene rings is 1. The van der Waals surface area contributed by atoms with Gasteiger partial charge in [0.15, 0.2) is 11.5 Å². The molecule has 0 fully saturated rings. The molecule has 1 N–H and O–H groups in total. The third-order valence-corrected chi connectivity index (χ3v) is 4.16. The molecule has 1 aliphatic heterocycles. The van der Waals surface area contributed by atoms with Crippen molar-refractivity contribution < 1.29 is 23.0 Å². The van der Waals surface area contributed by atoms with E-state index in [2.05, 4.69) is 42.5 Å². The lowest BCUT2D eigenvalue weighted by Gasteiger charge is -2.24. The van der Waals surface area contributed by atoms with Gasteiger partial charge in [-0.2, -0.15) is 10.4 Å². The van der Waals surface area contributed by atoms with Crippen molar-refractivity contribution in [2.45, 2.75) is 25.7 Å². The zero-order chi connectivity index (χ0) is 18.4. The van der Waals surface area contributed by atoms with Gasteiger partial charge in [0.2, 0.25) is 0 Å². The van der Waals surface area contributed by atoms with E-state index >= 15 is 0 Å². The molecule has 0 atom stereocenters. The van der Waals surface area contributed by atoms with Gasteiger partial charge < -0.3 is 14.8 Å². The fraction of sp³-hybridized carbons (Fsp3) is 0.267. The summed E-state index contributed by atoms with van der Waals surface area (Å²) in [4.78, 5) is 12.6. The highest BCUT2D eigenvalue weighted by Crippen LogP contribution is 2.48. The summed E-state index contributed by atoms with van der Waals surface area (Å²) in [5.41, 5.74) is -1.23. The highest BCUT2D eigenvalue weighted by atomic mass is 127. The Labute approximate surface area is 154 Å². The van der Waals surface area contributed by atoms with E-state index in [1.54, 1.807) is 32.3 Å². The van der Waals surface area contributed by atoms with Gasteiger partial charge in [-0.3, -0.25) is 9.48 Å². The molecule has 0 radical (unpaired) electrons. The second kappa shape index (κ2) is 5.83. The van der Waals surface area contributed by atoms with Gasteiger partial charge in [0, 0.05) is 6.20 Å². The van der Waals surface area contributed by atoms with Gasteiger partial charge in [0.25, 0.3) is 5.91 Å². The van der Waals surface area contributed by atoms with Crippen molar-refractivity contribution in [3.05, 3.63) is 33.7 Å². The lowest BCUT2D eigenvalue weighted by molar-refractivity contribution is -0.286. The molecule has 1 aromatic heterocycles. The van der Waals surface area contributed by atoms with Gasteiger partial charge in [-0.15, -0.1) is 8.78 Å². The SMILES string of the molecule is CC(C)(C(=O)Nc1ccc(C#N)c2c1OC(F)(F)O2)n1cc(I)cn1. The Bertz CT molecular complexity index is 905. The Morgan fingerprint density at radius 3 is 2.68 bits per heavy atom. The Morgan fingerprint density at radius 1 is 1.40 bits per heavy atom. The van der Waals surface area contributed by atoms with Crippen LogP contribution in [0.5, 0.6) is 11.5 Å². The van der Waals surface area contributed by atoms with Crippen molar-refractivity contribution in [1.29, 1.82) is 5.26 Å². The summed E-state index contributed by atoms with van der Waals surface area (Å²) in [5.74, 6) is -1.29. The van der Waals surface area contributed by atoms with Gasteiger partial charge in [-0.1, -0.05) is 0 Å². The Hall–Kier alpha value is -2.42. The Kier molecular flexibility index (Phi) is 4.06. The van der Waals surface area contributed by atoms with Crippen LogP contribution >= 0.6 is 22.6 Å². The van der Waals surface area contributed by atoms with E-state index in [-0.39, 0.29) is 17.0 Å². The summed E-state index contributed by atoms with van der Waals surface area (Å²) >= 11 is 2.06. The van der Waals surface area contributed by atoms with Gasteiger partial charge >= 0.3 is 6.29 Å². The van der Waals surface area contributed by atoms with Crippen LogP contribution in [0.1, 0.15) is 19.4 Å². The number of nitrogens with zero attached hydrogens (tertiary/aromatic N) is 3. The molecule has 0 spiro atoms. The van der Waals surface area contributed by atoms with Crippen molar-refractivity contribution in [2.75, 3.05) is 5.32 Å². The molecule has 10 heteroatoms. The number of nitriles is 1. The molecular formula is C15H11F2IN4O3. The van der Waals surface area contributed by atoms with Crippen LogP contribution in [-0.2, 0) is 10.3 Å². The van der Waals surface area contributed by atoms with Crippen LogP contribution in [-0.4, -0.2) is 22.0 Å². The number of ether oxygens (including phenoxy) is 2. The van der Waals surface area contributed by atoms with Crippen LogP contribution in [0.2, 0.25) is 0 Å². The lowest BCUT2D eigenvalue weighted by Crippen LogP contribution is -2.40. The number of hydrogen-bond donors (Lipinski definition) is 1. The topological polar surface area (TPSA) is 89.2 Å². The molecule has 0 aliphatic carbocycles. The van der Waals surface area contributed by atoms with Crippen molar-refractivity contribution in [1.82, 2.24) is 9.78 Å². The third kappa shape index (κ3) is 3.11.